The number of rotatable bonds is 1. The number of carbonyl (C=O) groups excluding carboxylic acids is 3. The minimum Gasteiger partial charge on any atom is -0.307 e. The van der Waals surface area contributed by atoms with Crippen LogP contribution >= 0.6 is 11.6 Å². The molecule has 5 heteroatoms. The first kappa shape index (κ1) is 25.9. The Morgan fingerprint density at radius 2 is 1.69 bits per heavy atom. The molecule has 0 N–H and O–H groups in total. The highest BCUT2D eigenvalue weighted by Gasteiger charge is 2.71. The van der Waals surface area contributed by atoms with Gasteiger partial charge in [0.15, 0.2) is 11.6 Å². The summed E-state index contributed by atoms with van der Waals surface area (Å²) in [4.78, 5) is 44.2. The third-order valence-electron chi connectivity index (χ3n) is 12.6. The van der Waals surface area contributed by atoms with E-state index in [1.807, 2.05) is 26.0 Å². The first-order valence-electron chi connectivity index (χ1n) is 13.7. The van der Waals surface area contributed by atoms with Crippen LogP contribution in [-0.4, -0.2) is 16.8 Å². The molecule has 4 nitrogen and oxygen atoms in total. The fourth-order valence-corrected chi connectivity index (χ4v) is 10.5. The third-order valence-corrected chi connectivity index (χ3v) is 13.0. The molecule has 36 heavy (non-hydrogen) atoms. The maximum Gasteiger partial charge on any atom is 0.228 e. The summed E-state index contributed by atoms with van der Waals surface area (Å²) < 4.78 is 0. The molecule has 9 atom stereocenters. The van der Waals surface area contributed by atoms with Crippen LogP contribution in [0.3, 0.4) is 0 Å². The summed E-state index contributed by atoms with van der Waals surface area (Å²) in [5.74, 6) is 0.446. The second kappa shape index (κ2) is 7.66. The van der Waals surface area contributed by atoms with Gasteiger partial charge in [0.05, 0.1) is 6.57 Å². The van der Waals surface area contributed by atoms with E-state index in [9.17, 15) is 14.4 Å². The van der Waals surface area contributed by atoms with E-state index in [1.165, 1.54) is 0 Å². The fraction of sp³-hybridized carbons (Fsp3) is 0.742. The molecule has 3 fully saturated rings. The van der Waals surface area contributed by atoms with Crippen LogP contribution < -0.4 is 0 Å². The summed E-state index contributed by atoms with van der Waals surface area (Å²) in [5, 5.41) is -0.256. The lowest BCUT2D eigenvalue weighted by Crippen LogP contribution is -2.66. The molecule has 5 aliphatic rings. The highest BCUT2D eigenvalue weighted by atomic mass is 35.5. The molecule has 3 saturated carbocycles. The molecule has 0 spiro atoms. The summed E-state index contributed by atoms with van der Waals surface area (Å²) in [6.07, 6.45) is 8.81. The number of allylic oxidation sites excluding steroid dienone is 4. The van der Waals surface area contributed by atoms with Gasteiger partial charge in [-0.1, -0.05) is 60.1 Å². The molecule has 5 aliphatic carbocycles. The topological polar surface area (TPSA) is 55.6 Å². The largest absolute Gasteiger partial charge is 0.307 e. The van der Waals surface area contributed by atoms with E-state index >= 15 is 0 Å². The molecule has 0 aromatic rings. The molecule has 0 unspecified atom stereocenters. The number of Topliss-reactive ketones (excluding diaryl/α,β-unsaturated/α-hetero) is 1. The lowest BCUT2D eigenvalue weighted by molar-refractivity contribution is -0.178. The number of nitrogens with zero attached hydrogens (tertiary/aromatic N) is 1. The second-order valence-electron chi connectivity index (χ2n) is 14.1. The van der Waals surface area contributed by atoms with Crippen molar-refractivity contribution in [2.45, 2.75) is 87.0 Å². The summed E-state index contributed by atoms with van der Waals surface area (Å²) in [6, 6.07) is 0. The SMILES string of the molecule is [C-]#[N+]C1=C[C@]2(C)C3=CC(=O)[C@@H]4[C@@H]5[C@@H](C)[C@H](C)CC[C@]5(C(=O)Cl)CC[C@@]4(C)[C@]3(C)CC[C@H]2C(C)(C)C1=O. The molecule has 0 amide bonds. The number of hydrogen-bond acceptors (Lipinski definition) is 3. The van der Waals surface area contributed by atoms with Crippen LogP contribution in [0.5, 0.6) is 0 Å². The highest BCUT2D eigenvalue weighted by molar-refractivity contribution is 6.64. The van der Waals surface area contributed by atoms with Crippen molar-refractivity contribution < 1.29 is 14.4 Å². The van der Waals surface area contributed by atoms with Gasteiger partial charge in [-0.2, -0.15) is 0 Å². The predicted molar refractivity (Wildman–Crippen MR) is 141 cm³/mol. The van der Waals surface area contributed by atoms with Crippen molar-refractivity contribution in [1.29, 1.82) is 0 Å². The van der Waals surface area contributed by atoms with Crippen LogP contribution in [0, 0.1) is 63.2 Å². The van der Waals surface area contributed by atoms with Gasteiger partial charge in [0.1, 0.15) is 0 Å². The Morgan fingerprint density at radius 3 is 2.31 bits per heavy atom. The van der Waals surface area contributed by atoms with Crippen LogP contribution in [0.1, 0.15) is 87.0 Å². The maximum atomic E-state index is 14.3. The number of carbonyl (C=O) groups is 3. The zero-order chi connectivity index (χ0) is 26.6. The van der Waals surface area contributed by atoms with Crippen molar-refractivity contribution >= 4 is 28.4 Å². The molecule has 0 aromatic carbocycles. The van der Waals surface area contributed by atoms with E-state index in [0.29, 0.717) is 5.92 Å². The van der Waals surface area contributed by atoms with Crippen molar-refractivity contribution in [3.8, 4) is 0 Å². The van der Waals surface area contributed by atoms with Crippen LogP contribution in [0.4, 0.5) is 0 Å². The van der Waals surface area contributed by atoms with Crippen LogP contribution in [0.25, 0.3) is 4.85 Å². The van der Waals surface area contributed by atoms with Gasteiger partial charge < -0.3 is 4.79 Å². The summed E-state index contributed by atoms with van der Waals surface area (Å²) >= 11 is 6.39. The quantitative estimate of drug-likeness (QED) is 0.278. The normalized spacial score (nSPS) is 49.4. The molecule has 194 valence electrons. The molecule has 5 rings (SSSR count). The lowest BCUT2D eigenvalue weighted by Gasteiger charge is -2.69. The van der Waals surface area contributed by atoms with Crippen LogP contribution in [0.2, 0.25) is 0 Å². The van der Waals surface area contributed by atoms with Gasteiger partial charge in [0, 0.05) is 22.2 Å². The van der Waals surface area contributed by atoms with E-state index in [0.717, 1.165) is 44.1 Å². The smallest absolute Gasteiger partial charge is 0.228 e. The Morgan fingerprint density at radius 1 is 1.03 bits per heavy atom. The van der Waals surface area contributed by atoms with Crippen molar-refractivity contribution in [3.05, 3.63) is 34.8 Å². The number of ketones is 2. The average molecular weight is 510 g/mol. The van der Waals surface area contributed by atoms with Gasteiger partial charge in [0.25, 0.3) is 0 Å². The highest BCUT2D eigenvalue weighted by Crippen LogP contribution is 2.74. The van der Waals surface area contributed by atoms with E-state index < -0.39 is 16.2 Å². The Kier molecular flexibility index (Phi) is 5.51. The van der Waals surface area contributed by atoms with E-state index in [1.54, 1.807) is 0 Å². The molecule has 0 aliphatic heterocycles. The standard InChI is InChI=1S/C31H40ClNO3/c1-17-9-12-31(26(32)36)14-13-30(7)24(23(31)18(17)2)20(34)15-22-28(5)16-19(33-8)25(35)27(3,4)21(28)10-11-29(22,30)6/h15-18,21,23-24H,9-14H2,1-7H3/t17-,18+,21+,23+,24-,28+,29-,30-,31+/m1/s1. The number of fused-ring (bicyclic) bond motifs is 7. The number of hydrogen-bond donors (Lipinski definition) is 0. The summed E-state index contributed by atoms with van der Waals surface area (Å²) in [6.45, 7) is 22.9. The third kappa shape index (κ3) is 2.85. The molecule has 0 heterocycles. The minimum absolute atomic E-state index is 0.0380. The van der Waals surface area contributed by atoms with E-state index in [2.05, 4.69) is 39.5 Å². The Balaban J connectivity index is 1.72. The van der Waals surface area contributed by atoms with Gasteiger partial charge in [-0.05, 0) is 90.7 Å². The molecule has 0 aromatic heterocycles. The predicted octanol–water partition coefficient (Wildman–Crippen LogP) is 7.18. The summed E-state index contributed by atoms with van der Waals surface area (Å²) in [7, 11) is 0. The monoisotopic (exact) mass is 509 g/mol. The Hall–Kier alpha value is -1.73. The molecule has 0 bridgehead atoms. The van der Waals surface area contributed by atoms with Crippen LogP contribution in [-0.2, 0) is 14.4 Å². The first-order valence-corrected chi connectivity index (χ1v) is 14.1. The lowest BCUT2D eigenvalue weighted by atomic mass is 9.34. The number of halogens is 1. The first-order chi connectivity index (χ1) is 16.6. The Labute approximate surface area is 221 Å². The molecule has 0 saturated heterocycles. The van der Waals surface area contributed by atoms with Gasteiger partial charge in [0.2, 0.25) is 10.9 Å². The van der Waals surface area contributed by atoms with Crippen molar-refractivity contribution in [2.75, 3.05) is 0 Å². The van der Waals surface area contributed by atoms with E-state index in [-0.39, 0.29) is 57.0 Å². The Bertz CT molecular complexity index is 1170. The maximum absolute atomic E-state index is 14.3. The minimum atomic E-state index is -0.660. The van der Waals surface area contributed by atoms with Gasteiger partial charge in [-0.3, -0.25) is 9.59 Å². The van der Waals surface area contributed by atoms with Crippen molar-refractivity contribution in [3.63, 3.8) is 0 Å². The zero-order valence-corrected chi connectivity index (χ0v) is 23.6. The molecular weight excluding hydrogens is 470 g/mol. The molecular formula is C31H40ClNO3. The average Bonchev–Trinajstić information content (AvgIpc) is 2.80. The van der Waals surface area contributed by atoms with Gasteiger partial charge in [-0.15, -0.1) is 0 Å². The zero-order valence-electron chi connectivity index (χ0n) is 22.8. The fourth-order valence-electron chi connectivity index (χ4n) is 10.2. The van der Waals surface area contributed by atoms with Crippen molar-refractivity contribution in [1.82, 2.24) is 0 Å². The van der Waals surface area contributed by atoms with Gasteiger partial charge in [-0.25, -0.2) is 4.85 Å². The van der Waals surface area contributed by atoms with Crippen molar-refractivity contribution in [2.24, 2.45) is 56.7 Å². The van der Waals surface area contributed by atoms with E-state index in [4.69, 9.17) is 18.2 Å². The molecule has 0 radical (unpaired) electrons. The second-order valence-corrected chi connectivity index (χ2v) is 14.4. The summed E-state index contributed by atoms with van der Waals surface area (Å²) in [5.41, 5.74) is -1.09. The van der Waals surface area contributed by atoms with Gasteiger partial charge >= 0.3 is 0 Å². The van der Waals surface area contributed by atoms with Crippen LogP contribution in [0.15, 0.2) is 23.4 Å².